The Labute approximate surface area is 248 Å². The van der Waals surface area contributed by atoms with Gasteiger partial charge in [0.1, 0.15) is 17.0 Å². The number of hydrogen-bond donors (Lipinski definition) is 3. The van der Waals surface area contributed by atoms with Crippen LogP contribution in [-0.2, 0) is 15.0 Å². The van der Waals surface area contributed by atoms with E-state index in [-0.39, 0.29) is 32.5 Å². The van der Waals surface area contributed by atoms with Crippen molar-refractivity contribution in [2.45, 2.75) is 57.5 Å². The smallest absolute Gasteiger partial charge is 0.242 e. The molecule has 3 aromatic rings. The van der Waals surface area contributed by atoms with Crippen molar-refractivity contribution in [1.29, 1.82) is 5.26 Å². The van der Waals surface area contributed by atoms with Crippen LogP contribution in [0.5, 0.6) is 0 Å². The molecule has 214 valence electrons. The van der Waals surface area contributed by atoms with Crippen LogP contribution in [0.25, 0.3) is 0 Å². The van der Waals surface area contributed by atoms with E-state index in [0.29, 0.717) is 17.8 Å². The van der Waals surface area contributed by atoms with Crippen LogP contribution in [-0.4, -0.2) is 23.9 Å². The number of halogens is 4. The minimum atomic E-state index is -1.72. The average Bonchev–Trinajstić information content (AvgIpc) is 3.19. The van der Waals surface area contributed by atoms with E-state index in [0.717, 1.165) is 6.07 Å². The molecule has 1 fully saturated rings. The summed E-state index contributed by atoms with van der Waals surface area (Å²) in [6, 6.07) is 15.3. The molecular formula is C31H30Cl2F2N4O2. The molecule has 3 N–H and O–H groups in total. The highest BCUT2D eigenvalue weighted by atomic mass is 35.5. The highest BCUT2D eigenvalue weighted by Crippen LogP contribution is 2.52. The molecule has 0 saturated carbocycles. The predicted octanol–water partition coefficient (Wildman–Crippen LogP) is 7.19. The summed E-state index contributed by atoms with van der Waals surface area (Å²) in [5.41, 5.74) is -1.10. The highest BCUT2D eigenvalue weighted by Gasteiger charge is 2.61. The minimum Gasteiger partial charge on any atom is -0.326 e. The summed E-state index contributed by atoms with van der Waals surface area (Å²) in [5.74, 6) is -3.49. The van der Waals surface area contributed by atoms with Crippen LogP contribution in [0.3, 0.4) is 0 Å². The van der Waals surface area contributed by atoms with Gasteiger partial charge in [-0.15, -0.1) is 0 Å². The van der Waals surface area contributed by atoms with Crippen molar-refractivity contribution in [2.24, 2.45) is 5.41 Å². The third-order valence-electron chi connectivity index (χ3n) is 7.20. The largest absolute Gasteiger partial charge is 0.326 e. The van der Waals surface area contributed by atoms with Crippen molar-refractivity contribution in [1.82, 2.24) is 5.32 Å². The van der Waals surface area contributed by atoms with Gasteiger partial charge in [-0.2, -0.15) is 5.26 Å². The Morgan fingerprint density at radius 3 is 2.22 bits per heavy atom. The van der Waals surface area contributed by atoms with Crippen LogP contribution < -0.4 is 16.0 Å². The van der Waals surface area contributed by atoms with E-state index in [4.69, 9.17) is 23.2 Å². The molecule has 0 radical (unpaired) electrons. The van der Waals surface area contributed by atoms with Crippen molar-refractivity contribution in [3.05, 3.63) is 93.5 Å². The molecule has 4 atom stereocenters. The summed E-state index contributed by atoms with van der Waals surface area (Å²) in [6.07, 6.45) is 0.358. The number of anilines is 2. The van der Waals surface area contributed by atoms with Crippen molar-refractivity contribution in [3.63, 3.8) is 0 Å². The van der Waals surface area contributed by atoms with Gasteiger partial charge in [-0.3, -0.25) is 9.59 Å². The average molecular weight is 600 g/mol. The third kappa shape index (κ3) is 6.23. The highest BCUT2D eigenvalue weighted by molar-refractivity contribution is 6.31. The molecule has 3 aromatic carbocycles. The second-order valence-corrected chi connectivity index (χ2v) is 12.3. The molecule has 2 unspecified atom stereocenters. The number of amides is 2. The summed E-state index contributed by atoms with van der Waals surface area (Å²) in [7, 11) is 0. The molecule has 0 aromatic heterocycles. The van der Waals surface area contributed by atoms with Crippen LogP contribution in [0.4, 0.5) is 20.2 Å². The van der Waals surface area contributed by atoms with Crippen LogP contribution >= 0.6 is 23.2 Å². The number of carbonyl (C=O) groups is 2. The Kier molecular flexibility index (Phi) is 8.74. The van der Waals surface area contributed by atoms with Gasteiger partial charge in [-0.1, -0.05) is 62.2 Å². The normalized spacial score (nSPS) is 22.2. The van der Waals surface area contributed by atoms with Crippen molar-refractivity contribution in [2.75, 3.05) is 10.6 Å². The standard InChI is InChI=1S/C31H30Cl2F2N4O2/c1-17(40)37-19-9-11-20(12-10-19)38-29(41)28-26(21-6-5-7-23(33)27(21)35)31(16-36,25(39-28)15-30(2,3)4)22-13-8-18(32)14-24(22)34/h5-14,25-26,28,39H,15H2,1-4H3,(H,37,40)(H,38,41)/t25?,26?,28-,31+/m1/s1. The summed E-state index contributed by atoms with van der Waals surface area (Å²) in [6.45, 7) is 7.28. The van der Waals surface area contributed by atoms with Crippen molar-refractivity contribution in [3.8, 4) is 6.07 Å². The fraction of sp³-hybridized carbons (Fsp3) is 0.323. The van der Waals surface area contributed by atoms with Gasteiger partial charge in [0.2, 0.25) is 11.8 Å². The summed E-state index contributed by atoms with van der Waals surface area (Å²) in [5, 5.41) is 19.6. The predicted molar refractivity (Wildman–Crippen MR) is 157 cm³/mol. The first-order valence-electron chi connectivity index (χ1n) is 13.0. The Balaban J connectivity index is 1.89. The Morgan fingerprint density at radius 1 is 1.02 bits per heavy atom. The van der Waals surface area contributed by atoms with Gasteiger partial charge in [0.25, 0.3) is 0 Å². The van der Waals surface area contributed by atoms with E-state index in [1.165, 1.54) is 37.3 Å². The fourth-order valence-corrected chi connectivity index (χ4v) is 5.96. The van der Waals surface area contributed by atoms with E-state index in [1.807, 2.05) is 20.8 Å². The van der Waals surface area contributed by atoms with Crippen LogP contribution in [0, 0.1) is 28.4 Å². The molecule has 1 heterocycles. The molecule has 1 aliphatic heterocycles. The maximum atomic E-state index is 15.7. The summed E-state index contributed by atoms with van der Waals surface area (Å²) in [4.78, 5) is 25.3. The van der Waals surface area contributed by atoms with Gasteiger partial charge in [0.05, 0.1) is 17.1 Å². The number of rotatable bonds is 6. The molecule has 0 bridgehead atoms. The van der Waals surface area contributed by atoms with Gasteiger partial charge < -0.3 is 16.0 Å². The molecule has 0 aliphatic carbocycles. The number of benzene rings is 3. The molecule has 41 heavy (non-hydrogen) atoms. The number of carbonyl (C=O) groups excluding carboxylic acids is 2. The molecule has 1 aliphatic rings. The van der Waals surface area contributed by atoms with Crippen molar-refractivity contribution >= 4 is 46.4 Å². The minimum absolute atomic E-state index is 0.00508. The van der Waals surface area contributed by atoms with E-state index in [1.54, 1.807) is 24.3 Å². The Bertz CT molecular complexity index is 1520. The molecule has 1 saturated heterocycles. The molecule has 4 rings (SSSR count). The fourth-order valence-electron chi connectivity index (χ4n) is 5.62. The van der Waals surface area contributed by atoms with Gasteiger partial charge in [0.15, 0.2) is 0 Å². The van der Waals surface area contributed by atoms with Crippen LogP contribution in [0.2, 0.25) is 10.0 Å². The van der Waals surface area contributed by atoms with Crippen LogP contribution in [0.1, 0.15) is 51.2 Å². The Morgan fingerprint density at radius 2 is 1.66 bits per heavy atom. The Hall–Kier alpha value is -3.51. The molecule has 2 amide bonds. The lowest BCUT2D eigenvalue weighted by Crippen LogP contribution is -2.45. The number of nitrogens with one attached hydrogen (secondary N) is 3. The summed E-state index contributed by atoms with van der Waals surface area (Å²) < 4.78 is 31.4. The lowest BCUT2D eigenvalue weighted by atomic mass is 9.62. The van der Waals surface area contributed by atoms with E-state index in [2.05, 4.69) is 22.0 Å². The second-order valence-electron chi connectivity index (χ2n) is 11.4. The number of hydrogen-bond acceptors (Lipinski definition) is 4. The molecular weight excluding hydrogens is 569 g/mol. The topological polar surface area (TPSA) is 94.0 Å². The zero-order valence-electron chi connectivity index (χ0n) is 23.0. The van der Waals surface area contributed by atoms with Gasteiger partial charge in [-0.05, 0) is 59.9 Å². The van der Waals surface area contributed by atoms with E-state index >= 15 is 8.78 Å². The first-order chi connectivity index (χ1) is 19.3. The monoisotopic (exact) mass is 598 g/mol. The van der Waals surface area contributed by atoms with Gasteiger partial charge >= 0.3 is 0 Å². The zero-order valence-corrected chi connectivity index (χ0v) is 24.5. The first kappa shape index (κ1) is 30.4. The van der Waals surface area contributed by atoms with E-state index in [9.17, 15) is 14.9 Å². The zero-order chi connectivity index (χ0) is 30.1. The van der Waals surface area contributed by atoms with Crippen LogP contribution in [0.15, 0.2) is 60.7 Å². The molecule has 0 spiro atoms. The van der Waals surface area contributed by atoms with Gasteiger partial charge in [-0.25, -0.2) is 8.78 Å². The van der Waals surface area contributed by atoms with E-state index < -0.39 is 41.0 Å². The quantitative estimate of drug-likeness (QED) is 0.280. The van der Waals surface area contributed by atoms with Gasteiger partial charge in [0, 0.05) is 40.8 Å². The lowest BCUT2D eigenvalue weighted by molar-refractivity contribution is -0.118. The maximum Gasteiger partial charge on any atom is 0.242 e. The molecule has 6 nitrogen and oxygen atoms in total. The number of nitriles is 1. The SMILES string of the molecule is CC(=O)Nc1ccc(NC(=O)[C@@H]2NC(CC(C)(C)C)[C@](C#N)(c3ccc(Cl)cc3F)C2c2cccc(Cl)c2F)cc1. The number of nitrogens with zero attached hydrogens (tertiary/aromatic N) is 1. The first-order valence-corrected chi connectivity index (χ1v) is 13.8. The molecule has 10 heteroatoms. The summed E-state index contributed by atoms with van der Waals surface area (Å²) >= 11 is 12.2. The maximum absolute atomic E-state index is 15.7. The second kappa shape index (κ2) is 11.8. The lowest BCUT2D eigenvalue weighted by Gasteiger charge is -2.37. The third-order valence-corrected chi connectivity index (χ3v) is 7.73. The van der Waals surface area contributed by atoms with Crippen molar-refractivity contribution < 1.29 is 18.4 Å².